The van der Waals surface area contributed by atoms with Crippen molar-refractivity contribution in [1.29, 1.82) is 0 Å². The Hall–Kier alpha value is -3.23. The van der Waals surface area contributed by atoms with Crippen molar-refractivity contribution in [2.75, 3.05) is 31.1 Å². The highest BCUT2D eigenvalue weighted by molar-refractivity contribution is 5.94. The summed E-state index contributed by atoms with van der Waals surface area (Å²) in [7, 11) is 0. The summed E-state index contributed by atoms with van der Waals surface area (Å²) in [6.07, 6.45) is 2.34. The maximum atomic E-state index is 14.5. The fraction of sp³-hybridized carbons (Fsp3) is 0.417. The Morgan fingerprint density at radius 1 is 1.09 bits per heavy atom. The average Bonchev–Trinajstić information content (AvgIpc) is 2.78. The van der Waals surface area contributed by atoms with Crippen LogP contribution in [0.2, 0.25) is 0 Å². The summed E-state index contributed by atoms with van der Waals surface area (Å²) in [5.74, 6) is -0.519. The minimum absolute atomic E-state index is 0.121. The summed E-state index contributed by atoms with van der Waals surface area (Å²) in [6.45, 7) is 0.327. The number of urea groups is 1. The normalized spacial score (nSPS) is 18.2. The van der Waals surface area contributed by atoms with E-state index in [1.165, 1.54) is 19.1 Å². The highest BCUT2D eigenvalue weighted by Crippen LogP contribution is 2.33. The molecule has 9 heteroatoms. The fourth-order valence-corrected chi connectivity index (χ4v) is 4.49. The molecule has 4 rings (SSSR count). The lowest BCUT2D eigenvalue weighted by Gasteiger charge is -2.37. The number of ether oxygens (including phenoxy) is 1. The maximum absolute atomic E-state index is 14.5. The fourth-order valence-electron chi connectivity index (χ4n) is 4.49. The van der Waals surface area contributed by atoms with E-state index in [0.29, 0.717) is 37.4 Å². The molecule has 2 amide bonds. The Balaban J connectivity index is 1.36. The van der Waals surface area contributed by atoms with Crippen LogP contribution in [-0.2, 0) is 6.42 Å². The molecule has 1 aliphatic carbocycles. The van der Waals surface area contributed by atoms with E-state index in [9.17, 15) is 22.8 Å². The maximum Gasteiger partial charge on any atom is 0.387 e. The van der Waals surface area contributed by atoms with Crippen molar-refractivity contribution in [2.45, 2.75) is 38.8 Å². The number of hydrogen-bond donors (Lipinski definition) is 1. The Bertz CT molecular complexity index is 1040. The van der Waals surface area contributed by atoms with Crippen molar-refractivity contribution in [3.05, 3.63) is 58.9 Å². The molecule has 1 N–H and O–H groups in total. The number of ketones is 1. The second-order valence-electron chi connectivity index (χ2n) is 8.33. The quantitative estimate of drug-likeness (QED) is 0.665. The molecule has 0 saturated carbocycles. The summed E-state index contributed by atoms with van der Waals surface area (Å²) >= 11 is 0. The number of fused-ring (bicyclic) bond motifs is 1. The number of carbonyl (C=O) groups excluding carboxylic acids is 2. The van der Waals surface area contributed by atoms with Crippen molar-refractivity contribution in [3.8, 4) is 5.75 Å². The first-order chi connectivity index (χ1) is 15.8. The van der Waals surface area contributed by atoms with Gasteiger partial charge in [-0.05, 0) is 67.6 Å². The molecular formula is C24H26F3N3O3. The third-order valence-corrected chi connectivity index (χ3v) is 6.21. The second-order valence-corrected chi connectivity index (χ2v) is 8.33. The Morgan fingerprint density at radius 3 is 2.52 bits per heavy atom. The summed E-state index contributed by atoms with van der Waals surface area (Å²) in [6, 6.07) is 8.91. The zero-order valence-corrected chi connectivity index (χ0v) is 18.3. The summed E-state index contributed by atoms with van der Waals surface area (Å²) in [5, 5.41) is 3.06. The lowest BCUT2D eigenvalue weighted by molar-refractivity contribution is -0.0499. The van der Waals surface area contributed by atoms with Gasteiger partial charge < -0.3 is 19.9 Å². The molecule has 1 unspecified atom stereocenters. The smallest absolute Gasteiger partial charge is 0.387 e. The molecule has 0 bridgehead atoms. The third-order valence-electron chi connectivity index (χ3n) is 6.21. The number of Topliss-reactive ketones (excluding diaryl/α,β-unsaturated/α-hetero) is 1. The minimum Gasteiger partial charge on any atom is -0.435 e. The number of piperazine rings is 1. The number of nitrogens with zero attached hydrogens (tertiary/aromatic N) is 2. The number of hydrogen-bond acceptors (Lipinski definition) is 4. The van der Waals surface area contributed by atoms with Crippen LogP contribution in [0.4, 0.5) is 23.7 Å². The van der Waals surface area contributed by atoms with E-state index < -0.39 is 12.4 Å². The van der Waals surface area contributed by atoms with Crippen molar-refractivity contribution < 1.29 is 27.5 Å². The van der Waals surface area contributed by atoms with E-state index in [2.05, 4.69) is 10.1 Å². The molecule has 2 aliphatic rings. The number of alkyl halides is 2. The first-order valence-corrected chi connectivity index (χ1v) is 11.0. The van der Waals surface area contributed by atoms with Crippen molar-refractivity contribution in [1.82, 2.24) is 10.2 Å². The molecule has 0 aromatic heterocycles. The highest BCUT2D eigenvalue weighted by atomic mass is 19.3. The molecule has 0 radical (unpaired) electrons. The topological polar surface area (TPSA) is 61.9 Å². The standard InChI is InChI=1S/C24H26F3N3O3/c1-15(31)16-5-8-22(20(25)14-16)29-9-11-30(12-10-29)24(32)28-21-4-2-3-17-13-18(33-23(26)27)6-7-19(17)21/h5-8,13-14,21,23H,2-4,9-12H2,1H3,(H,28,32). The van der Waals surface area contributed by atoms with Gasteiger partial charge in [0.05, 0.1) is 11.7 Å². The van der Waals surface area contributed by atoms with E-state index in [0.717, 1.165) is 30.4 Å². The zero-order valence-electron chi connectivity index (χ0n) is 18.3. The number of nitrogens with one attached hydrogen (secondary N) is 1. The molecule has 1 saturated heterocycles. The number of carbonyl (C=O) groups is 2. The van der Waals surface area contributed by atoms with Crippen LogP contribution in [0, 0.1) is 5.82 Å². The number of aryl methyl sites for hydroxylation is 1. The van der Waals surface area contributed by atoms with Gasteiger partial charge in [0.25, 0.3) is 0 Å². The predicted octanol–water partition coefficient (Wildman–Crippen LogP) is 4.54. The molecule has 1 atom stereocenters. The van der Waals surface area contributed by atoms with Gasteiger partial charge in [-0.3, -0.25) is 4.79 Å². The van der Waals surface area contributed by atoms with Gasteiger partial charge in [0.1, 0.15) is 11.6 Å². The molecular weight excluding hydrogens is 435 g/mol. The van der Waals surface area contributed by atoms with Gasteiger partial charge in [-0.2, -0.15) is 8.78 Å². The van der Waals surface area contributed by atoms with Crippen LogP contribution in [0.15, 0.2) is 36.4 Å². The average molecular weight is 461 g/mol. The van der Waals surface area contributed by atoms with Crippen LogP contribution >= 0.6 is 0 Å². The Labute approximate surface area is 190 Å². The van der Waals surface area contributed by atoms with Crippen LogP contribution < -0.4 is 15.0 Å². The first-order valence-electron chi connectivity index (χ1n) is 11.0. The molecule has 176 valence electrons. The number of halogens is 3. The SMILES string of the molecule is CC(=O)c1ccc(N2CCN(C(=O)NC3CCCc4cc(OC(F)F)ccc43)CC2)c(F)c1. The molecule has 1 heterocycles. The third kappa shape index (κ3) is 5.23. The van der Waals surface area contributed by atoms with Crippen LogP contribution in [0.5, 0.6) is 5.75 Å². The largest absolute Gasteiger partial charge is 0.435 e. The molecule has 1 aliphatic heterocycles. The van der Waals surface area contributed by atoms with Gasteiger partial charge in [0.15, 0.2) is 5.78 Å². The lowest BCUT2D eigenvalue weighted by atomic mass is 9.87. The zero-order chi connectivity index (χ0) is 23.5. The van der Waals surface area contributed by atoms with Crippen molar-refractivity contribution in [2.24, 2.45) is 0 Å². The van der Waals surface area contributed by atoms with Gasteiger partial charge in [0.2, 0.25) is 0 Å². The number of amides is 2. The molecule has 2 aromatic carbocycles. The monoisotopic (exact) mass is 461 g/mol. The second kappa shape index (κ2) is 9.72. The van der Waals surface area contributed by atoms with Crippen LogP contribution in [0.25, 0.3) is 0 Å². The van der Waals surface area contributed by atoms with E-state index in [4.69, 9.17) is 0 Å². The van der Waals surface area contributed by atoms with Crippen molar-refractivity contribution in [3.63, 3.8) is 0 Å². The summed E-state index contributed by atoms with van der Waals surface area (Å²) in [4.78, 5) is 27.9. The van der Waals surface area contributed by atoms with Crippen LogP contribution in [0.3, 0.4) is 0 Å². The van der Waals surface area contributed by atoms with Gasteiger partial charge in [-0.25, -0.2) is 9.18 Å². The molecule has 2 aromatic rings. The Morgan fingerprint density at radius 2 is 1.85 bits per heavy atom. The van der Waals surface area contributed by atoms with Crippen molar-refractivity contribution >= 4 is 17.5 Å². The first kappa shape index (κ1) is 22.9. The summed E-state index contributed by atoms with van der Waals surface area (Å²) in [5.41, 5.74) is 2.57. The van der Waals surface area contributed by atoms with Crippen LogP contribution in [0.1, 0.15) is 47.3 Å². The number of benzene rings is 2. The number of rotatable bonds is 5. The lowest BCUT2D eigenvalue weighted by Crippen LogP contribution is -2.52. The van der Waals surface area contributed by atoms with Gasteiger partial charge in [-0.15, -0.1) is 0 Å². The molecule has 0 spiro atoms. The predicted molar refractivity (Wildman–Crippen MR) is 117 cm³/mol. The van der Waals surface area contributed by atoms with Gasteiger partial charge in [0, 0.05) is 31.7 Å². The van der Waals surface area contributed by atoms with E-state index in [1.54, 1.807) is 29.2 Å². The molecule has 1 fully saturated rings. The van der Waals surface area contributed by atoms with Gasteiger partial charge in [-0.1, -0.05) is 6.07 Å². The van der Waals surface area contributed by atoms with E-state index >= 15 is 0 Å². The van der Waals surface area contributed by atoms with E-state index in [1.807, 2.05) is 4.90 Å². The van der Waals surface area contributed by atoms with E-state index in [-0.39, 0.29) is 23.6 Å². The van der Waals surface area contributed by atoms with Gasteiger partial charge >= 0.3 is 12.6 Å². The molecule has 6 nitrogen and oxygen atoms in total. The van der Waals surface area contributed by atoms with Crippen LogP contribution in [-0.4, -0.2) is 49.5 Å². The highest BCUT2D eigenvalue weighted by Gasteiger charge is 2.27. The molecule has 33 heavy (non-hydrogen) atoms. The Kier molecular flexibility index (Phi) is 6.76. The number of anilines is 1. The summed E-state index contributed by atoms with van der Waals surface area (Å²) < 4.78 is 43.9. The minimum atomic E-state index is -2.87.